The van der Waals surface area contributed by atoms with Gasteiger partial charge in [0.2, 0.25) is 11.8 Å². The molecule has 2 N–H and O–H groups in total. The molecule has 2 heterocycles. The fraction of sp³-hybridized carbons (Fsp3) is 0.818. The molecule has 2 atom stereocenters. The largest absolute Gasteiger partial charge is 0.359 e. The van der Waals surface area contributed by atoms with Gasteiger partial charge in [-0.15, -0.1) is 11.8 Å². The highest BCUT2D eigenvalue weighted by Gasteiger charge is 2.32. The summed E-state index contributed by atoms with van der Waals surface area (Å²) in [5.74, 6) is 1.87. The van der Waals surface area contributed by atoms with Gasteiger partial charge in [0.15, 0.2) is 0 Å². The minimum Gasteiger partial charge on any atom is -0.359 e. The highest BCUT2D eigenvalue weighted by molar-refractivity contribution is 7.99. The van der Waals surface area contributed by atoms with Crippen molar-refractivity contribution in [3.63, 3.8) is 0 Å². The monoisotopic (exact) mass is 257 g/mol. The van der Waals surface area contributed by atoms with Crippen molar-refractivity contribution in [3.05, 3.63) is 0 Å². The van der Waals surface area contributed by atoms with Crippen LogP contribution in [0.2, 0.25) is 0 Å². The zero-order chi connectivity index (χ0) is 12.3. The van der Waals surface area contributed by atoms with Crippen LogP contribution in [0.15, 0.2) is 0 Å². The number of piperidine rings is 1. The molecule has 0 saturated carbocycles. The highest BCUT2D eigenvalue weighted by atomic mass is 32.2. The molecule has 2 fully saturated rings. The number of rotatable bonds is 2. The second-order valence-electron chi connectivity index (χ2n) is 4.51. The van der Waals surface area contributed by atoms with E-state index in [0.29, 0.717) is 6.54 Å². The summed E-state index contributed by atoms with van der Waals surface area (Å²) in [6.45, 7) is 1.36. The Morgan fingerprint density at radius 2 is 2.29 bits per heavy atom. The van der Waals surface area contributed by atoms with Gasteiger partial charge in [-0.25, -0.2) is 0 Å². The van der Waals surface area contributed by atoms with Crippen molar-refractivity contribution >= 4 is 23.6 Å². The fourth-order valence-corrected chi connectivity index (χ4v) is 3.30. The molecule has 0 bridgehead atoms. The van der Waals surface area contributed by atoms with Gasteiger partial charge in [-0.2, -0.15) is 0 Å². The molecule has 17 heavy (non-hydrogen) atoms. The van der Waals surface area contributed by atoms with Crippen LogP contribution in [0.4, 0.5) is 0 Å². The normalized spacial score (nSPS) is 29.1. The van der Waals surface area contributed by atoms with Gasteiger partial charge < -0.3 is 10.2 Å². The van der Waals surface area contributed by atoms with Crippen LogP contribution >= 0.6 is 11.8 Å². The molecule has 2 amide bonds. The second kappa shape index (κ2) is 5.73. The summed E-state index contributed by atoms with van der Waals surface area (Å²) in [4.78, 5) is 25.6. The highest BCUT2D eigenvalue weighted by Crippen LogP contribution is 2.19. The summed E-state index contributed by atoms with van der Waals surface area (Å²) >= 11 is 1.75. The number of likely N-dealkylation sites (tertiary alicyclic amines) is 1. The summed E-state index contributed by atoms with van der Waals surface area (Å²) < 4.78 is 0. The van der Waals surface area contributed by atoms with Gasteiger partial charge in [0.25, 0.3) is 0 Å². The molecule has 0 unspecified atom stereocenters. The maximum absolute atomic E-state index is 12.2. The number of nitrogens with one attached hydrogen (secondary N) is 2. The lowest BCUT2D eigenvalue weighted by atomic mass is 9.96. The molecule has 96 valence electrons. The van der Waals surface area contributed by atoms with Gasteiger partial charge in [-0.3, -0.25) is 14.9 Å². The Morgan fingerprint density at radius 1 is 1.47 bits per heavy atom. The third-order valence-electron chi connectivity index (χ3n) is 3.36. The van der Waals surface area contributed by atoms with E-state index >= 15 is 0 Å². The third kappa shape index (κ3) is 2.93. The lowest BCUT2D eigenvalue weighted by Gasteiger charge is -2.33. The summed E-state index contributed by atoms with van der Waals surface area (Å²) in [5.41, 5.74) is 0. The van der Waals surface area contributed by atoms with Gasteiger partial charge in [0.1, 0.15) is 0 Å². The first kappa shape index (κ1) is 12.7. The Labute approximate surface area is 106 Å². The van der Waals surface area contributed by atoms with E-state index in [1.165, 1.54) is 0 Å². The van der Waals surface area contributed by atoms with Crippen LogP contribution in [0, 0.1) is 5.92 Å². The van der Waals surface area contributed by atoms with Gasteiger partial charge >= 0.3 is 0 Å². The van der Waals surface area contributed by atoms with Crippen molar-refractivity contribution in [2.45, 2.75) is 18.9 Å². The molecule has 2 saturated heterocycles. The number of nitrogens with zero attached hydrogens (tertiary/aromatic N) is 1. The maximum atomic E-state index is 12.2. The lowest BCUT2D eigenvalue weighted by molar-refractivity contribution is -0.136. The van der Waals surface area contributed by atoms with E-state index in [-0.39, 0.29) is 23.8 Å². The smallest absolute Gasteiger partial charge is 0.240 e. The molecule has 0 aliphatic carbocycles. The first-order valence-electron chi connectivity index (χ1n) is 6.04. The second-order valence-corrected chi connectivity index (χ2v) is 5.54. The zero-order valence-electron chi connectivity index (χ0n) is 10.1. The predicted molar refractivity (Wildman–Crippen MR) is 67.6 cm³/mol. The van der Waals surface area contributed by atoms with Gasteiger partial charge in [-0.1, -0.05) is 0 Å². The van der Waals surface area contributed by atoms with Gasteiger partial charge in [-0.05, 0) is 12.8 Å². The minimum absolute atomic E-state index is 0.0354. The van der Waals surface area contributed by atoms with Crippen molar-refractivity contribution in [1.29, 1.82) is 0 Å². The third-order valence-corrected chi connectivity index (χ3v) is 4.30. The van der Waals surface area contributed by atoms with E-state index in [1.54, 1.807) is 18.8 Å². The topological polar surface area (TPSA) is 61.4 Å². The predicted octanol–water partition coefficient (Wildman–Crippen LogP) is -0.366. The molecule has 5 nitrogen and oxygen atoms in total. The molecule has 0 aromatic rings. The first-order chi connectivity index (χ1) is 8.22. The summed E-state index contributed by atoms with van der Waals surface area (Å²) in [7, 11) is 1.65. The van der Waals surface area contributed by atoms with Crippen molar-refractivity contribution in [1.82, 2.24) is 15.5 Å². The Morgan fingerprint density at radius 3 is 2.94 bits per heavy atom. The van der Waals surface area contributed by atoms with E-state index in [4.69, 9.17) is 0 Å². The molecule has 2 rings (SSSR count). The van der Waals surface area contributed by atoms with Gasteiger partial charge in [0.05, 0.1) is 12.0 Å². The van der Waals surface area contributed by atoms with E-state index in [0.717, 1.165) is 31.0 Å². The quantitative estimate of drug-likeness (QED) is 0.709. The number of hydrogen-bond donors (Lipinski definition) is 2. The van der Waals surface area contributed by atoms with Crippen LogP contribution in [-0.2, 0) is 9.59 Å². The average Bonchev–Trinajstić information content (AvgIpc) is 2.91. The Bertz CT molecular complexity index is 305. The molecule has 0 spiro atoms. The molecule has 0 aromatic heterocycles. The molecule has 0 radical (unpaired) electrons. The zero-order valence-corrected chi connectivity index (χ0v) is 10.9. The standard InChI is InChI=1S/C11H19N3O2S/c1-12-10(15)8-3-2-4-14(5-8)11(16)9-6-17-7-13-9/h8-9,13H,2-7H2,1H3,(H,12,15)/t8-,9-/m0/s1. The number of carbonyl (C=O) groups excluding carboxylic acids is 2. The van der Waals surface area contributed by atoms with Gasteiger partial charge in [0, 0.05) is 31.8 Å². The van der Waals surface area contributed by atoms with Crippen molar-refractivity contribution in [2.24, 2.45) is 5.92 Å². The molecule has 6 heteroatoms. The van der Waals surface area contributed by atoms with E-state index < -0.39 is 0 Å². The first-order valence-corrected chi connectivity index (χ1v) is 7.19. The lowest BCUT2D eigenvalue weighted by Crippen LogP contribution is -2.50. The maximum Gasteiger partial charge on any atom is 0.240 e. The van der Waals surface area contributed by atoms with Crippen molar-refractivity contribution < 1.29 is 9.59 Å². The summed E-state index contributed by atoms with van der Waals surface area (Å²) in [6, 6.07) is -0.0524. The van der Waals surface area contributed by atoms with E-state index in [2.05, 4.69) is 10.6 Å². The van der Waals surface area contributed by atoms with Crippen LogP contribution < -0.4 is 10.6 Å². The molecule has 2 aliphatic rings. The number of hydrogen-bond acceptors (Lipinski definition) is 4. The van der Waals surface area contributed by atoms with Crippen LogP contribution in [0.5, 0.6) is 0 Å². The summed E-state index contributed by atoms with van der Waals surface area (Å²) in [6.07, 6.45) is 1.81. The van der Waals surface area contributed by atoms with Crippen LogP contribution in [-0.4, -0.2) is 54.5 Å². The number of thioether (sulfide) groups is 1. The van der Waals surface area contributed by atoms with Crippen molar-refractivity contribution in [3.8, 4) is 0 Å². The van der Waals surface area contributed by atoms with Crippen LogP contribution in [0.3, 0.4) is 0 Å². The van der Waals surface area contributed by atoms with Crippen molar-refractivity contribution in [2.75, 3.05) is 31.8 Å². The number of carbonyl (C=O) groups is 2. The van der Waals surface area contributed by atoms with Crippen LogP contribution in [0.1, 0.15) is 12.8 Å². The molecule has 0 aromatic carbocycles. The molecular formula is C11H19N3O2S. The van der Waals surface area contributed by atoms with E-state index in [9.17, 15) is 9.59 Å². The van der Waals surface area contributed by atoms with Crippen LogP contribution in [0.25, 0.3) is 0 Å². The summed E-state index contributed by atoms with van der Waals surface area (Å²) in [5, 5.41) is 5.85. The Hall–Kier alpha value is -0.750. The molecular weight excluding hydrogens is 238 g/mol. The fourth-order valence-electron chi connectivity index (χ4n) is 2.37. The Balaban J connectivity index is 1.92. The SMILES string of the molecule is CNC(=O)[C@H]1CCCN(C(=O)[C@@H]2CSCN2)C1. The average molecular weight is 257 g/mol. The van der Waals surface area contributed by atoms with E-state index in [1.807, 2.05) is 4.90 Å². The number of amides is 2. The Kier molecular flexibility index (Phi) is 4.28. The molecule has 2 aliphatic heterocycles. The minimum atomic E-state index is -0.0524.